The largest absolute Gasteiger partial charge is 0.197 e. The summed E-state index contributed by atoms with van der Waals surface area (Å²) in [5, 5.41) is 8.98. The molecule has 2 rings (SSSR count). The molecule has 0 spiro atoms. The molecule has 0 bridgehead atoms. The van der Waals surface area contributed by atoms with E-state index < -0.39 is 0 Å². The van der Waals surface area contributed by atoms with Gasteiger partial charge in [-0.2, -0.15) is 5.26 Å². The zero-order valence-electron chi connectivity index (χ0n) is 7.26. The second-order valence-corrected chi connectivity index (χ2v) is 5.04. The van der Waals surface area contributed by atoms with E-state index in [1.807, 2.05) is 6.07 Å². The monoisotopic (exact) mass is 235 g/mol. The number of alkyl halides is 1. The molecule has 1 aliphatic carbocycles. The molecule has 0 fully saturated rings. The lowest BCUT2D eigenvalue weighted by molar-refractivity contribution is 0.621. The van der Waals surface area contributed by atoms with Crippen molar-refractivity contribution in [1.82, 2.24) is 0 Å². The average Bonchev–Trinajstić information content (AvgIpc) is 2.18. The summed E-state index contributed by atoms with van der Waals surface area (Å²) in [4.78, 5) is 0. The number of aryl methyl sites for hydroxylation is 1. The highest BCUT2D eigenvalue weighted by Crippen LogP contribution is 2.34. The molecule has 1 aliphatic rings. The normalized spacial score (nSPS) is 26.2. The van der Waals surface area contributed by atoms with E-state index in [9.17, 15) is 0 Å². The molecule has 1 aromatic carbocycles. The average molecular weight is 236 g/mol. The number of rotatable bonds is 0. The van der Waals surface area contributed by atoms with Gasteiger partial charge in [-0.1, -0.05) is 40.2 Å². The summed E-state index contributed by atoms with van der Waals surface area (Å²) >= 11 is 3.50. The molecule has 0 saturated heterocycles. The van der Waals surface area contributed by atoms with Crippen LogP contribution in [0.2, 0.25) is 0 Å². The number of nitrogens with zero attached hydrogens (tertiary/aromatic N) is 1. The Morgan fingerprint density at radius 2 is 2.00 bits per heavy atom. The number of hydrogen-bond acceptors (Lipinski definition) is 1. The van der Waals surface area contributed by atoms with E-state index in [2.05, 4.69) is 40.2 Å². The first-order valence-electron chi connectivity index (χ1n) is 4.40. The molecule has 13 heavy (non-hydrogen) atoms. The minimum atomic E-state index is -0.318. The van der Waals surface area contributed by atoms with E-state index >= 15 is 0 Å². The molecule has 0 aliphatic heterocycles. The fourth-order valence-corrected chi connectivity index (χ4v) is 2.29. The Bertz CT molecular complexity index is 367. The lowest BCUT2D eigenvalue weighted by Gasteiger charge is -2.26. The number of benzene rings is 1. The van der Waals surface area contributed by atoms with Gasteiger partial charge in [-0.15, -0.1) is 0 Å². The first kappa shape index (κ1) is 8.77. The van der Waals surface area contributed by atoms with Crippen molar-refractivity contribution in [3.05, 3.63) is 35.4 Å². The Labute approximate surface area is 86.5 Å². The van der Waals surface area contributed by atoms with E-state index in [1.165, 1.54) is 11.1 Å². The minimum Gasteiger partial charge on any atom is -0.197 e. The van der Waals surface area contributed by atoms with Gasteiger partial charge < -0.3 is 0 Å². The van der Waals surface area contributed by atoms with Gasteiger partial charge in [0.2, 0.25) is 0 Å². The Kier molecular flexibility index (Phi) is 2.13. The highest BCUT2D eigenvalue weighted by atomic mass is 79.9. The second kappa shape index (κ2) is 3.16. The van der Waals surface area contributed by atoms with Gasteiger partial charge >= 0.3 is 0 Å². The highest BCUT2D eigenvalue weighted by molar-refractivity contribution is 9.10. The molecule has 0 amide bonds. The van der Waals surface area contributed by atoms with Crippen molar-refractivity contribution >= 4 is 15.9 Å². The number of fused-ring (bicyclic) bond motifs is 1. The summed E-state index contributed by atoms with van der Waals surface area (Å²) in [6.07, 6.45) is 2.76. The molecule has 66 valence electrons. The maximum absolute atomic E-state index is 8.98. The number of hydrogen-bond donors (Lipinski definition) is 0. The lowest BCUT2D eigenvalue weighted by Crippen LogP contribution is -2.27. The van der Waals surface area contributed by atoms with Crippen LogP contribution in [0.15, 0.2) is 24.3 Å². The van der Waals surface area contributed by atoms with Gasteiger partial charge in [0.25, 0.3) is 0 Å². The van der Waals surface area contributed by atoms with E-state index in [-0.39, 0.29) is 4.32 Å². The van der Waals surface area contributed by atoms with Crippen LogP contribution in [0.25, 0.3) is 0 Å². The van der Waals surface area contributed by atoms with Crippen molar-refractivity contribution in [3.63, 3.8) is 0 Å². The smallest absolute Gasteiger partial charge is 0.116 e. The van der Waals surface area contributed by atoms with E-state index in [0.29, 0.717) is 0 Å². The Hall–Kier alpha value is -0.810. The van der Waals surface area contributed by atoms with Gasteiger partial charge in [0.05, 0.1) is 6.07 Å². The summed E-state index contributed by atoms with van der Waals surface area (Å²) in [5.74, 6) is 0. The first-order chi connectivity index (χ1) is 6.23. The van der Waals surface area contributed by atoms with Gasteiger partial charge in [0, 0.05) is 6.42 Å². The number of halogens is 1. The van der Waals surface area contributed by atoms with Crippen LogP contribution in [-0.4, -0.2) is 4.32 Å². The van der Waals surface area contributed by atoms with Gasteiger partial charge in [0.15, 0.2) is 0 Å². The predicted molar refractivity (Wildman–Crippen MR) is 55.7 cm³/mol. The zero-order valence-corrected chi connectivity index (χ0v) is 8.84. The van der Waals surface area contributed by atoms with Gasteiger partial charge in [-0.25, -0.2) is 0 Å². The molecule has 0 heterocycles. The van der Waals surface area contributed by atoms with Crippen LogP contribution in [0.3, 0.4) is 0 Å². The third kappa shape index (κ3) is 1.62. The molecule has 0 N–H and O–H groups in total. The van der Waals surface area contributed by atoms with Crippen LogP contribution < -0.4 is 0 Å². The molecule has 1 aromatic rings. The molecule has 0 radical (unpaired) electrons. The fraction of sp³-hybridized carbons (Fsp3) is 0.364. The first-order valence-corrected chi connectivity index (χ1v) is 5.20. The lowest BCUT2D eigenvalue weighted by atomic mass is 9.84. The van der Waals surface area contributed by atoms with Crippen molar-refractivity contribution in [2.75, 3.05) is 0 Å². The summed E-state index contributed by atoms with van der Waals surface area (Å²) in [6, 6.07) is 10.7. The van der Waals surface area contributed by atoms with E-state index in [0.717, 1.165) is 19.3 Å². The molecule has 0 saturated carbocycles. The van der Waals surface area contributed by atoms with E-state index in [1.54, 1.807) is 0 Å². The maximum atomic E-state index is 8.98. The highest BCUT2D eigenvalue weighted by Gasteiger charge is 2.31. The van der Waals surface area contributed by atoms with Gasteiger partial charge in [-0.05, 0) is 24.0 Å². The molecule has 2 heteroatoms. The van der Waals surface area contributed by atoms with Gasteiger partial charge in [-0.3, -0.25) is 0 Å². The predicted octanol–water partition coefficient (Wildman–Crippen LogP) is 2.83. The maximum Gasteiger partial charge on any atom is 0.116 e. The zero-order chi connectivity index (χ0) is 9.31. The fourth-order valence-electron chi connectivity index (χ4n) is 1.79. The Morgan fingerprint density at radius 1 is 1.31 bits per heavy atom. The summed E-state index contributed by atoms with van der Waals surface area (Å²) in [7, 11) is 0. The topological polar surface area (TPSA) is 23.8 Å². The van der Waals surface area contributed by atoms with Crippen LogP contribution in [0.5, 0.6) is 0 Å². The quantitative estimate of drug-likeness (QED) is 0.635. The third-order valence-corrected chi connectivity index (χ3v) is 3.43. The summed E-state index contributed by atoms with van der Waals surface area (Å²) in [6.45, 7) is 0. The van der Waals surface area contributed by atoms with Crippen molar-refractivity contribution in [3.8, 4) is 6.07 Å². The molecular formula is C11H10BrN. The summed E-state index contributed by atoms with van der Waals surface area (Å²) in [5.41, 5.74) is 2.71. The van der Waals surface area contributed by atoms with Crippen molar-refractivity contribution in [2.45, 2.75) is 23.6 Å². The van der Waals surface area contributed by atoms with Crippen LogP contribution in [0.4, 0.5) is 0 Å². The van der Waals surface area contributed by atoms with Crippen LogP contribution in [-0.2, 0) is 12.8 Å². The van der Waals surface area contributed by atoms with E-state index in [4.69, 9.17) is 5.26 Å². The Balaban J connectivity index is 2.36. The molecular weight excluding hydrogens is 226 g/mol. The van der Waals surface area contributed by atoms with Crippen molar-refractivity contribution < 1.29 is 0 Å². The summed E-state index contributed by atoms with van der Waals surface area (Å²) < 4.78 is -0.318. The van der Waals surface area contributed by atoms with Crippen LogP contribution >= 0.6 is 15.9 Å². The van der Waals surface area contributed by atoms with Crippen LogP contribution in [0, 0.1) is 11.3 Å². The van der Waals surface area contributed by atoms with Crippen molar-refractivity contribution in [2.24, 2.45) is 0 Å². The minimum absolute atomic E-state index is 0.318. The van der Waals surface area contributed by atoms with Crippen LogP contribution in [0.1, 0.15) is 17.5 Å². The third-order valence-electron chi connectivity index (χ3n) is 2.58. The van der Waals surface area contributed by atoms with Gasteiger partial charge in [0.1, 0.15) is 4.32 Å². The molecule has 1 atom stereocenters. The Morgan fingerprint density at radius 3 is 2.69 bits per heavy atom. The standard InChI is InChI=1S/C11H10BrN/c12-11(8-13)6-5-9-3-1-2-4-10(9)7-11/h1-4H,5-7H2. The molecule has 0 aromatic heterocycles. The SMILES string of the molecule is N#CC1(Br)CCc2ccccc2C1. The molecule has 1 nitrogen and oxygen atoms in total. The second-order valence-electron chi connectivity index (χ2n) is 3.52. The number of nitriles is 1. The molecule has 1 unspecified atom stereocenters. The van der Waals surface area contributed by atoms with Crippen molar-refractivity contribution in [1.29, 1.82) is 5.26 Å².